The van der Waals surface area contributed by atoms with Gasteiger partial charge in [0, 0.05) is 31.4 Å². The summed E-state index contributed by atoms with van der Waals surface area (Å²) < 4.78 is 5.53. The molecule has 2 amide bonds. The van der Waals surface area contributed by atoms with Crippen LogP contribution in [0.5, 0.6) is 0 Å². The molecular weight excluding hydrogens is 414 g/mol. The van der Waals surface area contributed by atoms with Crippen LogP contribution >= 0.6 is 0 Å². The van der Waals surface area contributed by atoms with Crippen molar-refractivity contribution < 1.29 is 14.3 Å². The number of carbonyl (C=O) groups excluding carboxylic acids is 2. The zero-order valence-corrected chi connectivity index (χ0v) is 20.2. The molecule has 1 unspecified atom stereocenters. The topological polar surface area (TPSA) is 61.9 Å². The maximum Gasteiger partial charge on any atom is 0.338 e. The lowest BCUT2D eigenvalue weighted by Gasteiger charge is -2.44. The van der Waals surface area contributed by atoms with Crippen molar-refractivity contribution in [1.82, 2.24) is 15.1 Å². The fourth-order valence-electron chi connectivity index (χ4n) is 5.85. The highest BCUT2D eigenvalue weighted by Crippen LogP contribution is 2.35. The van der Waals surface area contributed by atoms with E-state index in [0.717, 1.165) is 11.3 Å². The van der Waals surface area contributed by atoms with Crippen LogP contribution < -0.4 is 5.32 Å². The lowest BCUT2D eigenvalue weighted by atomic mass is 9.87. The number of esters is 1. The molecule has 2 saturated carbocycles. The summed E-state index contributed by atoms with van der Waals surface area (Å²) in [6.07, 6.45) is 12.5. The van der Waals surface area contributed by atoms with Gasteiger partial charge in [-0.25, -0.2) is 9.59 Å². The lowest BCUT2D eigenvalue weighted by Crippen LogP contribution is -2.52. The van der Waals surface area contributed by atoms with Crippen molar-refractivity contribution in [3.8, 4) is 0 Å². The van der Waals surface area contributed by atoms with Crippen LogP contribution in [-0.4, -0.2) is 54.1 Å². The first kappa shape index (κ1) is 23.8. The minimum absolute atomic E-state index is 0.167. The highest BCUT2D eigenvalue weighted by Gasteiger charge is 2.39. The average Bonchev–Trinajstić information content (AvgIpc) is 2.86. The minimum atomic E-state index is -0.497. The van der Waals surface area contributed by atoms with Gasteiger partial charge >= 0.3 is 12.0 Å². The Labute approximate surface area is 198 Å². The SMILES string of the molecule is CCOC(=O)C1=C(CN(C2CCCCC2)C2CCCCC2)N(C)C(=O)NC1c1ccccc1. The minimum Gasteiger partial charge on any atom is -0.463 e. The summed E-state index contributed by atoms with van der Waals surface area (Å²) >= 11 is 0. The van der Waals surface area contributed by atoms with Crippen LogP contribution in [-0.2, 0) is 9.53 Å². The van der Waals surface area contributed by atoms with Gasteiger partial charge in [0.1, 0.15) is 0 Å². The van der Waals surface area contributed by atoms with Crippen LogP contribution in [0.25, 0.3) is 0 Å². The van der Waals surface area contributed by atoms with Gasteiger partial charge in [0.25, 0.3) is 0 Å². The molecule has 33 heavy (non-hydrogen) atoms. The monoisotopic (exact) mass is 453 g/mol. The molecule has 0 radical (unpaired) electrons. The zero-order valence-electron chi connectivity index (χ0n) is 20.2. The Morgan fingerprint density at radius 1 is 1.00 bits per heavy atom. The van der Waals surface area contributed by atoms with Crippen LogP contribution in [0.2, 0.25) is 0 Å². The predicted molar refractivity (Wildman–Crippen MR) is 130 cm³/mol. The first-order chi connectivity index (χ1) is 16.1. The van der Waals surface area contributed by atoms with E-state index in [1.807, 2.05) is 37.3 Å². The van der Waals surface area contributed by atoms with Crippen LogP contribution in [0.3, 0.4) is 0 Å². The first-order valence-electron chi connectivity index (χ1n) is 12.8. The van der Waals surface area contributed by atoms with Crippen molar-refractivity contribution in [3.05, 3.63) is 47.2 Å². The lowest BCUT2D eigenvalue weighted by molar-refractivity contribution is -0.139. The summed E-state index contributed by atoms with van der Waals surface area (Å²) in [4.78, 5) is 30.6. The molecule has 1 heterocycles. The fourth-order valence-corrected chi connectivity index (χ4v) is 5.85. The maximum atomic E-state index is 13.3. The summed E-state index contributed by atoms with van der Waals surface area (Å²) in [5.41, 5.74) is 2.27. The average molecular weight is 454 g/mol. The van der Waals surface area contributed by atoms with Crippen molar-refractivity contribution in [3.63, 3.8) is 0 Å². The Bertz CT molecular complexity index is 823. The van der Waals surface area contributed by atoms with Gasteiger partial charge < -0.3 is 10.1 Å². The van der Waals surface area contributed by atoms with Crippen LogP contribution in [0.1, 0.15) is 82.7 Å². The van der Waals surface area contributed by atoms with E-state index in [1.54, 1.807) is 11.9 Å². The van der Waals surface area contributed by atoms with Gasteiger partial charge in [-0.2, -0.15) is 0 Å². The van der Waals surface area contributed by atoms with E-state index in [4.69, 9.17) is 4.74 Å². The number of benzene rings is 1. The second-order valence-corrected chi connectivity index (χ2v) is 9.69. The number of amides is 2. The van der Waals surface area contributed by atoms with E-state index in [0.29, 0.717) is 30.8 Å². The first-order valence-corrected chi connectivity index (χ1v) is 12.8. The summed E-state index contributed by atoms with van der Waals surface area (Å²) in [6, 6.07) is 10.1. The third kappa shape index (κ3) is 5.43. The van der Waals surface area contributed by atoms with Gasteiger partial charge in [-0.3, -0.25) is 9.80 Å². The molecule has 1 aromatic carbocycles. The molecule has 6 nitrogen and oxygen atoms in total. The maximum absolute atomic E-state index is 13.3. The van der Waals surface area contributed by atoms with Gasteiger partial charge in [-0.15, -0.1) is 0 Å². The number of ether oxygens (including phenoxy) is 1. The number of carbonyl (C=O) groups is 2. The number of urea groups is 1. The number of likely N-dealkylation sites (N-methyl/N-ethyl adjacent to an activating group) is 1. The molecule has 1 aliphatic heterocycles. The van der Waals surface area contributed by atoms with Crippen LogP contribution in [0.4, 0.5) is 4.79 Å². The fraction of sp³-hybridized carbons (Fsp3) is 0.630. The standard InChI is InChI=1S/C27H39N3O3/c1-3-33-26(31)24-23(29(2)27(32)28-25(24)20-13-7-4-8-14-20)19-30(21-15-9-5-10-16-21)22-17-11-6-12-18-22/h4,7-8,13-14,21-22,25H,3,5-6,9-12,15-19H2,1-2H3,(H,28,32). The number of nitrogens with zero attached hydrogens (tertiary/aromatic N) is 2. The molecule has 1 atom stereocenters. The molecule has 3 aliphatic rings. The number of rotatable bonds is 7. The Kier molecular flexibility index (Phi) is 8.07. The molecule has 0 aromatic heterocycles. The number of nitrogens with one attached hydrogen (secondary N) is 1. The third-order valence-electron chi connectivity index (χ3n) is 7.62. The van der Waals surface area contributed by atoms with Crippen molar-refractivity contribution in [1.29, 1.82) is 0 Å². The van der Waals surface area contributed by atoms with Crippen molar-refractivity contribution in [2.24, 2.45) is 0 Å². The molecule has 2 fully saturated rings. The summed E-state index contributed by atoms with van der Waals surface area (Å²) in [7, 11) is 1.78. The molecule has 4 rings (SSSR count). The van der Waals surface area contributed by atoms with Crippen molar-refractivity contribution in [2.75, 3.05) is 20.2 Å². The Hall–Kier alpha value is -2.34. The van der Waals surface area contributed by atoms with Gasteiger partial charge in [0.2, 0.25) is 0 Å². The Morgan fingerprint density at radius 3 is 2.12 bits per heavy atom. The highest BCUT2D eigenvalue weighted by molar-refractivity contribution is 5.95. The zero-order chi connectivity index (χ0) is 23.2. The quantitative estimate of drug-likeness (QED) is 0.579. The van der Waals surface area contributed by atoms with Crippen LogP contribution in [0, 0.1) is 0 Å². The van der Waals surface area contributed by atoms with E-state index in [1.165, 1.54) is 64.2 Å². The molecular formula is C27H39N3O3. The molecule has 0 spiro atoms. The molecule has 1 aromatic rings. The van der Waals surface area contributed by atoms with E-state index in [9.17, 15) is 9.59 Å². The Balaban J connectivity index is 1.75. The number of hydrogen-bond acceptors (Lipinski definition) is 4. The van der Waals surface area contributed by atoms with Gasteiger partial charge in [0.05, 0.1) is 18.2 Å². The van der Waals surface area contributed by atoms with E-state index in [-0.39, 0.29) is 12.0 Å². The van der Waals surface area contributed by atoms with Gasteiger partial charge in [0.15, 0.2) is 0 Å². The second-order valence-electron chi connectivity index (χ2n) is 9.69. The van der Waals surface area contributed by atoms with Crippen molar-refractivity contribution >= 4 is 12.0 Å². The molecule has 180 valence electrons. The van der Waals surface area contributed by atoms with E-state index < -0.39 is 6.04 Å². The predicted octanol–water partition coefficient (Wildman–Crippen LogP) is 5.17. The summed E-state index contributed by atoms with van der Waals surface area (Å²) in [5, 5.41) is 3.04. The second kappa shape index (κ2) is 11.2. The third-order valence-corrected chi connectivity index (χ3v) is 7.62. The molecule has 0 bridgehead atoms. The van der Waals surface area contributed by atoms with Crippen LogP contribution in [0.15, 0.2) is 41.6 Å². The highest BCUT2D eigenvalue weighted by atomic mass is 16.5. The van der Waals surface area contributed by atoms with E-state index >= 15 is 0 Å². The largest absolute Gasteiger partial charge is 0.463 e. The molecule has 2 aliphatic carbocycles. The van der Waals surface area contributed by atoms with Gasteiger partial charge in [-0.05, 0) is 38.2 Å². The summed E-state index contributed by atoms with van der Waals surface area (Å²) in [5.74, 6) is -0.333. The van der Waals surface area contributed by atoms with Crippen molar-refractivity contribution in [2.45, 2.75) is 89.3 Å². The normalized spacial score (nSPS) is 23.1. The summed E-state index contributed by atoms with van der Waals surface area (Å²) in [6.45, 7) is 2.76. The Morgan fingerprint density at radius 2 is 1.58 bits per heavy atom. The molecule has 1 N–H and O–H groups in total. The van der Waals surface area contributed by atoms with E-state index in [2.05, 4.69) is 10.2 Å². The number of hydrogen-bond donors (Lipinski definition) is 1. The molecule has 6 heteroatoms. The van der Waals surface area contributed by atoms with Gasteiger partial charge in [-0.1, -0.05) is 68.9 Å². The molecule has 0 saturated heterocycles. The smallest absolute Gasteiger partial charge is 0.338 e.